The number of rotatable bonds is 6. The fourth-order valence-corrected chi connectivity index (χ4v) is 2.85. The summed E-state index contributed by atoms with van der Waals surface area (Å²) in [6.45, 7) is 2.55. The molecule has 0 bridgehead atoms. The molecule has 0 aliphatic rings. The lowest BCUT2D eigenvalue weighted by Crippen LogP contribution is -2.22. The third-order valence-corrected chi connectivity index (χ3v) is 4.20. The number of nitrogens with zero attached hydrogens (tertiary/aromatic N) is 2. The molecule has 0 unspecified atom stereocenters. The summed E-state index contributed by atoms with van der Waals surface area (Å²) >= 11 is 0. The van der Waals surface area contributed by atoms with E-state index in [9.17, 15) is 0 Å². The fraction of sp³-hybridized carbons (Fsp3) is 0.143. The molecule has 2 heterocycles. The van der Waals surface area contributed by atoms with E-state index < -0.39 is 0 Å². The SMILES string of the molecule is Cc1ccc([C@@H](NCc2nnc(-c3ccco3)o2)c2ccccc2)cc1. The Balaban J connectivity index is 1.54. The maximum Gasteiger partial charge on any atom is 0.283 e. The van der Waals surface area contributed by atoms with Crippen LogP contribution < -0.4 is 5.32 Å². The first-order valence-electron chi connectivity index (χ1n) is 8.51. The molecule has 2 aromatic heterocycles. The van der Waals surface area contributed by atoms with Crippen molar-refractivity contribution in [1.29, 1.82) is 0 Å². The molecule has 0 aliphatic heterocycles. The van der Waals surface area contributed by atoms with Gasteiger partial charge in [0.1, 0.15) is 0 Å². The zero-order chi connectivity index (χ0) is 17.8. The maximum atomic E-state index is 5.69. The van der Waals surface area contributed by atoms with E-state index in [-0.39, 0.29) is 6.04 Å². The standard InChI is InChI=1S/C21H19N3O2/c1-15-9-11-17(12-10-15)20(16-6-3-2-4-7-16)22-14-19-23-24-21(26-19)18-8-5-13-25-18/h2-13,20,22H,14H2,1H3/t20-/m0/s1. The van der Waals surface area contributed by atoms with E-state index in [2.05, 4.69) is 58.8 Å². The molecule has 4 rings (SSSR count). The lowest BCUT2D eigenvalue weighted by atomic mass is 9.98. The molecule has 0 amide bonds. The van der Waals surface area contributed by atoms with Gasteiger partial charge in [0.25, 0.3) is 5.89 Å². The molecule has 5 nitrogen and oxygen atoms in total. The summed E-state index contributed by atoms with van der Waals surface area (Å²) in [5, 5.41) is 11.7. The molecule has 1 atom stereocenters. The van der Waals surface area contributed by atoms with Gasteiger partial charge in [0.2, 0.25) is 5.89 Å². The smallest absolute Gasteiger partial charge is 0.283 e. The van der Waals surface area contributed by atoms with E-state index in [1.54, 1.807) is 18.4 Å². The molecule has 130 valence electrons. The van der Waals surface area contributed by atoms with Crippen molar-refractivity contribution in [1.82, 2.24) is 15.5 Å². The number of hydrogen-bond donors (Lipinski definition) is 1. The summed E-state index contributed by atoms with van der Waals surface area (Å²) in [6, 6.07) is 22.5. The zero-order valence-electron chi connectivity index (χ0n) is 14.4. The highest BCUT2D eigenvalue weighted by Gasteiger charge is 2.16. The highest BCUT2D eigenvalue weighted by atomic mass is 16.4. The molecule has 2 aromatic carbocycles. The summed E-state index contributed by atoms with van der Waals surface area (Å²) in [6.07, 6.45) is 1.58. The van der Waals surface area contributed by atoms with Crippen LogP contribution in [0.3, 0.4) is 0 Å². The van der Waals surface area contributed by atoms with Gasteiger partial charge in [0, 0.05) is 0 Å². The van der Waals surface area contributed by atoms with Gasteiger partial charge >= 0.3 is 0 Å². The predicted molar refractivity (Wildman–Crippen MR) is 98.3 cm³/mol. The average molecular weight is 345 g/mol. The van der Waals surface area contributed by atoms with Gasteiger partial charge in [-0.25, -0.2) is 0 Å². The summed E-state index contributed by atoms with van der Waals surface area (Å²) in [5.74, 6) is 1.48. The van der Waals surface area contributed by atoms with Crippen molar-refractivity contribution >= 4 is 0 Å². The van der Waals surface area contributed by atoms with Gasteiger partial charge in [-0.2, -0.15) is 0 Å². The number of aryl methyl sites for hydroxylation is 1. The topological polar surface area (TPSA) is 64.1 Å². The highest BCUT2D eigenvalue weighted by molar-refractivity contribution is 5.42. The van der Waals surface area contributed by atoms with Crippen LogP contribution in [0.4, 0.5) is 0 Å². The van der Waals surface area contributed by atoms with Crippen LogP contribution in [0.2, 0.25) is 0 Å². The van der Waals surface area contributed by atoms with Crippen LogP contribution >= 0.6 is 0 Å². The summed E-state index contributed by atoms with van der Waals surface area (Å²) in [7, 11) is 0. The molecule has 0 aliphatic carbocycles. The summed E-state index contributed by atoms with van der Waals surface area (Å²) < 4.78 is 11.0. The first kappa shape index (κ1) is 16.3. The molecule has 1 N–H and O–H groups in total. The number of aromatic nitrogens is 2. The van der Waals surface area contributed by atoms with Gasteiger partial charge in [-0.15, -0.1) is 10.2 Å². The molecule has 5 heteroatoms. The number of nitrogens with one attached hydrogen (secondary N) is 1. The van der Waals surface area contributed by atoms with Crippen molar-refractivity contribution in [3.8, 4) is 11.7 Å². The normalized spacial score (nSPS) is 12.2. The quantitative estimate of drug-likeness (QED) is 0.557. The van der Waals surface area contributed by atoms with Gasteiger partial charge in [-0.3, -0.25) is 5.32 Å². The van der Waals surface area contributed by atoms with Crippen LogP contribution in [-0.2, 0) is 6.54 Å². The van der Waals surface area contributed by atoms with E-state index in [4.69, 9.17) is 8.83 Å². The van der Waals surface area contributed by atoms with Crippen LogP contribution in [0.1, 0.15) is 28.6 Å². The van der Waals surface area contributed by atoms with Crippen LogP contribution in [0.5, 0.6) is 0 Å². The Bertz CT molecular complexity index is 945. The number of benzene rings is 2. The molecule has 0 fully saturated rings. The molecule has 0 radical (unpaired) electrons. The highest BCUT2D eigenvalue weighted by Crippen LogP contribution is 2.23. The minimum absolute atomic E-state index is 0.0377. The fourth-order valence-electron chi connectivity index (χ4n) is 2.85. The van der Waals surface area contributed by atoms with E-state index >= 15 is 0 Å². The number of hydrogen-bond acceptors (Lipinski definition) is 5. The Hall–Kier alpha value is -3.18. The summed E-state index contributed by atoms with van der Waals surface area (Å²) in [4.78, 5) is 0. The van der Waals surface area contributed by atoms with Crippen molar-refractivity contribution in [2.45, 2.75) is 19.5 Å². The van der Waals surface area contributed by atoms with Crippen LogP contribution in [0.15, 0.2) is 81.8 Å². The molecule has 0 saturated carbocycles. The van der Waals surface area contributed by atoms with Crippen molar-refractivity contribution in [3.63, 3.8) is 0 Å². The molecular formula is C21H19N3O2. The van der Waals surface area contributed by atoms with Crippen molar-refractivity contribution in [2.75, 3.05) is 0 Å². The largest absolute Gasteiger partial charge is 0.459 e. The summed E-state index contributed by atoms with van der Waals surface area (Å²) in [5.41, 5.74) is 3.61. The second-order valence-electron chi connectivity index (χ2n) is 6.11. The van der Waals surface area contributed by atoms with E-state index in [0.717, 1.165) is 0 Å². The zero-order valence-corrected chi connectivity index (χ0v) is 14.4. The van der Waals surface area contributed by atoms with Gasteiger partial charge in [0.05, 0.1) is 18.8 Å². The van der Waals surface area contributed by atoms with Gasteiger partial charge in [-0.1, -0.05) is 60.2 Å². The minimum Gasteiger partial charge on any atom is -0.459 e. The maximum absolute atomic E-state index is 5.69. The number of furan rings is 1. The Morgan fingerprint density at radius 2 is 1.65 bits per heavy atom. The van der Waals surface area contributed by atoms with Crippen LogP contribution in [0, 0.1) is 6.92 Å². The molecule has 4 aromatic rings. The Morgan fingerprint density at radius 3 is 2.38 bits per heavy atom. The Kier molecular flexibility index (Phi) is 4.62. The second-order valence-corrected chi connectivity index (χ2v) is 6.11. The van der Waals surface area contributed by atoms with Crippen molar-refractivity contribution < 1.29 is 8.83 Å². The third kappa shape index (κ3) is 3.58. The Labute approximate surface area is 151 Å². The van der Waals surface area contributed by atoms with Crippen molar-refractivity contribution in [2.24, 2.45) is 0 Å². The van der Waals surface area contributed by atoms with Crippen LogP contribution in [-0.4, -0.2) is 10.2 Å². The average Bonchev–Trinajstić information content (AvgIpc) is 3.36. The van der Waals surface area contributed by atoms with E-state index in [1.165, 1.54) is 16.7 Å². The molecule has 0 saturated heterocycles. The monoisotopic (exact) mass is 345 g/mol. The first-order chi connectivity index (χ1) is 12.8. The Morgan fingerprint density at radius 1 is 0.885 bits per heavy atom. The second kappa shape index (κ2) is 7.37. The van der Waals surface area contributed by atoms with E-state index in [1.807, 2.05) is 18.2 Å². The molecular weight excluding hydrogens is 326 g/mol. The van der Waals surface area contributed by atoms with Crippen LogP contribution in [0.25, 0.3) is 11.7 Å². The lowest BCUT2D eigenvalue weighted by Gasteiger charge is -2.19. The molecule has 26 heavy (non-hydrogen) atoms. The predicted octanol–water partition coefficient (Wildman–Crippen LogP) is 4.52. The molecule has 0 spiro atoms. The minimum atomic E-state index is 0.0377. The lowest BCUT2D eigenvalue weighted by molar-refractivity contribution is 0.449. The first-order valence-corrected chi connectivity index (χ1v) is 8.51. The van der Waals surface area contributed by atoms with Gasteiger partial charge in [0.15, 0.2) is 5.76 Å². The van der Waals surface area contributed by atoms with Gasteiger partial charge < -0.3 is 8.83 Å². The van der Waals surface area contributed by atoms with Gasteiger partial charge in [-0.05, 0) is 30.2 Å². The third-order valence-electron chi connectivity index (χ3n) is 4.20. The van der Waals surface area contributed by atoms with Crippen molar-refractivity contribution in [3.05, 3.63) is 95.6 Å². The van der Waals surface area contributed by atoms with E-state index in [0.29, 0.717) is 24.1 Å².